The van der Waals surface area contributed by atoms with Crippen molar-refractivity contribution in [3.8, 4) is 5.75 Å². The number of halogens is 1. The Labute approximate surface area is 248 Å². The zero-order valence-corrected chi connectivity index (χ0v) is 25.7. The third-order valence-electron chi connectivity index (χ3n) is 6.76. The molecule has 220 valence electrons. The molecule has 3 aromatic carbocycles. The van der Waals surface area contributed by atoms with Crippen LogP contribution in [0.5, 0.6) is 5.75 Å². The zero-order chi connectivity index (χ0) is 30.2. The molecule has 0 aliphatic carbocycles. The molecule has 2 amide bonds. The molecule has 3 aromatic rings. The minimum Gasteiger partial charge on any atom is -0.494 e. The van der Waals surface area contributed by atoms with E-state index in [1.54, 1.807) is 31.2 Å². The number of hydrogen-bond acceptors (Lipinski definition) is 5. The van der Waals surface area contributed by atoms with E-state index in [0.29, 0.717) is 17.4 Å². The fourth-order valence-electron chi connectivity index (χ4n) is 4.08. The lowest BCUT2D eigenvalue weighted by Gasteiger charge is -2.32. The van der Waals surface area contributed by atoms with Crippen LogP contribution in [0.2, 0.25) is 5.02 Å². The molecule has 0 fully saturated rings. The number of ether oxygens (including phenoxy) is 1. The number of hydrogen-bond donors (Lipinski definition) is 1. The van der Waals surface area contributed by atoms with Crippen molar-refractivity contribution in [3.63, 3.8) is 0 Å². The van der Waals surface area contributed by atoms with Gasteiger partial charge >= 0.3 is 0 Å². The summed E-state index contributed by atoms with van der Waals surface area (Å²) in [5.74, 6) is -0.264. The number of sulfonamides is 1. The van der Waals surface area contributed by atoms with E-state index in [0.717, 1.165) is 21.9 Å². The number of carbonyl (C=O) groups excluding carboxylic acids is 2. The van der Waals surface area contributed by atoms with Crippen molar-refractivity contribution in [1.29, 1.82) is 0 Å². The molecule has 0 heterocycles. The van der Waals surface area contributed by atoms with Crippen LogP contribution in [0, 0.1) is 6.92 Å². The number of nitrogens with zero attached hydrogens (tertiary/aromatic N) is 2. The highest BCUT2D eigenvalue weighted by Crippen LogP contribution is 2.27. The van der Waals surface area contributed by atoms with Crippen molar-refractivity contribution >= 4 is 39.1 Å². The fourth-order valence-corrected chi connectivity index (χ4v) is 5.62. The van der Waals surface area contributed by atoms with E-state index in [4.69, 9.17) is 16.3 Å². The molecule has 41 heavy (non-hydrogen) atoms. The van der Waals surface area contributed by atoms with E-state index in [-0.39, 0.29) is 29.1 Å². The lowest BCUT2D eigenvalue weighted by atomic mass is 10.1. The third kappa shape index (κ3) is 8.47. The number of rotatable bonds is 13. The normalized spacial score (nSPS) is 12.7. The van der Waals surface area contributed by atoms with Crippen molar-refractivity contribution in [1.82, 2.24) is 10.2 Å². The Kier molecular flexibility index (Phi) is 11.2. The summed E-state index contributed by atoms with van der Waals surface area (Å²) < 4.78 is 34.4. The van der Waals surface area contributed by atoms with Crippen LogP contribution in [0.3, 0.4) is 0 Å². The molecule has 0 aromatic heterocycles. The molecule has 0 radical (unpaired) electrons. The first-order valence-corrected chi connectivity index (χ1v) is 15.4. The van der Waals surface area contributed by atoms with Crippen molar-refractivity contribution in [2.45, 2.75) is 64.6 Å². The minimum atomic E-state index is -4.19. The summed E-state index contributed by atoms with van der Waals surface area (Å²) >= 11 is 6.01. The smallest absolute Gasteiger partial charge is 0.264 e. The molecule has 0 saturated carbocycles. The maximum atomic E-state index is 14.0. The van der Waals surface area contributed by atoms with E-state index in [2.05, 4.69) is 5.32 Å². The molecule has 0 aliphatic heterocycles. The van der Waals surface area contributed by atoms with Gasteiger partial charge in [-0.05, 0) is 88.2 Å². The molecule has 0 spiro atoms. The van der Waals surface area contributed by atoms with Crippen LogP contribution in [0.25, 0.3) is 0 Å². The Morgan fingerprint density at radius 3 is 2.10 bits per heavy atom. The molecule has 8 nitrogen and oxygen atoms in total. The Bertz CT molecular complexity index is 1410. The van der Waals surface area contributed by atoms with Gasteiger partial charge in [-0.2, -0.15) is 0 Å². The Balaban J connectivity index is 2.02. The molecule has 0 unspecified atom stereocenters. The maximum absolute atomic E-state index is 14.0. The number of aryl methyl sites for hydroxylation is 1. The van der Waals surface area contributed by atoms with E-state index in [1.165, 1.54) is 29.2 Å². The molecular weight excluding hydrogens is 562 g/mol. The van der Waals surface area contributed by atoms with Crippen LogP contribution >= 0.6 is 11.6 Å². The average Bonchev–Trinajstić information content (AvgIpc) is 2.95. The summed E-state index contributed by atoms with van der Waals surface area (Å²) in [5.41, 5.74) is 2.16. The Morgan fingerprint density at radius 2 is 1.54 bits per heavy atom. The molecule has 2 atom stereocenters. The Morgan fingerprint density at radius 1 is 0.927 bits per heavy atom. The summed E-state index contributed by atoms with van der Waals surface area (Å²) in [6.45, 7) is 9.38. The molecule has 1 N–H and O–H groups in total. The van der Waals surface area contributed by atoms with Crippen LogP contribution in [-0.4, -0.2) is 50.4 Å². The summed E-state index contributed by atoms with van der Waals surface area (Å²) in [5, 5.41) is 3.32. The van der Waals surface area contributed by atoms with Crippen molar-refractivity contribution in [3.05, 3.63) is 88.9 Å². The topological polar surface area (TPSA) is 96.0 Å². The summed E-state index contributed by atoms with van der Waals surface area (Å²) in [4.78, 5) is 28.5. The summed E-state index contributed by atoms with van der Waals surface area (Å²) in [6.07, 6.45) is 0.731. The minimum absolute atomic E-state index is 0.0174. The average molecular weight is 600 g/mol. The van der Waals surface area contributed by atoms with Crippen LogP contribution in [-0.2, 0) is 26.2 Å². The number of benzene rings is 3. The molecule has 3 rings (SSSR count). The van der Waals surface area contributed by atoms with Gasteiger partial charge in [0.05, 0.1) is 17.2 Å². The first-order valence-electron chi connectivity index (χ1n) is 13.6. The van der Waals surface area contributed by atoms with Crippen LogP contribution in [0.15, 0.2) is 77.7 Å². The highest BCUT2D eigenvalue weighted by molar-refractivity contribution is 7.92. The van der Waals surface area contributed by atoms with Gasteiger partial charge in [0.25, 0.3) is 10.0 Å². The van der Waals surface area contributed by atoms with Gasteiger partial charge in [-0.3, -0.25) is 13.9 Å². The number of anilines is 1. The first-order chi connectivity index (χ1) is 19.5. The van der Waals surface area contributed by atoms with E-state index in [9.17, 15) is 18.0 Å². The molecular formula is C31H38ClN3O5S. The van der Waals surface area contributed by atoms with Crippen LogP contribution in [0.4, 0.5) is 5.69 Å². The second-order valence-corrected chi connectivity index (χ2v) is 12.2. The lowest BCUT2D eigenvalue weighted by molar-refractivity contribution is -0.139. The van der Waals surface area contributed by atoms with Gasteiger partial charge in [0.1, 0.15) is 18.3 Å². The van der Waals surface area contributed by atoms with Crippen molar-refractivity contribution in [2.75, 3.05) is 17.5 Å². The van der Waals surface area contributed by atoms with E-state index < -0.39 is 28.5 Å². The predicted octanol–water partition coefficient (Wildman–Crippen LogP) is 5.57. The van der Waals surface area contributed by atoms with E-state index >= 15 is 0 Å². The van der Waals surface area contributed by atoms with Gasteiger partial charge < -0.3 is 15.0 Å². The quantitative estimate of drug-likeness (QED) is 0.277. The maximum Gasteiger partial charge on any atom is 0.264 e. The largest absolute Gasteiger partial charge is 0.494 e. The molecule has 0 bridgehead atoms. The second kappa shape index (κ2) is 14.4. The number of nitrogens with one attached hydrogen (secondary N) is 1. The molecule has 0 aliphatic rings. The zero-order valence-electron chi connectivity index (χ0n) is 24.1. The highest BCUT2D eigenvalue weighted by atomic mass is 35.5. The predicted molar refractivity (Wildman–Crippen MR) is 163 cm³/mol. The fraction of sp³-hybridized carbons (Fsp3) is 0.355. The van der Waals surface area contributed by atoms with E-state index in [1.807, 2.05) is 52.0 Å². The highest BCUT2D eigenvalue weighted by Gasteiger charge is 2.32. The Hall–Kier alpha value is -3.56. The van der Waals surface area contributed by atoms with Gasteiger partial charge in [-0.25, -0.2) is 8.42 Å². The van der Waals surface area contributed by atoms with Crippen LogP contribution < -0.4 is 14.4 Å². The first kappa shape index (κ1) is 32.0. The standard InChI is InChI=1S/C31H38ClN3O5S/c1-6-23(4)33-31(37)24(5)34(20-25-10-8-22(3)9-11-25)30(36)21-35(27-14-16-28(17-15-27)40-7-2)41(38,39)29-18-12-26(32)13-19-29/h8-19,23-24H,6-7,20-21H2,1-5H3,(H,33,37)/t23-,24-/m0/s1. The monoisotopic (exact) mass is 599 g/mol. The van der Waals surface area contributed by atoms with Crippen LogP contribution in [0.1, 0.15) is 45.2 Å². The molecule has 10 heteroatoms. The van der Waals surface area contributed by atoms with Gasteiger partial charge in [0.15, 0.2) is 0 Å². The SMILES string of the molecule is CCOc1ccc(N(CC(=O)N(Cc2ccc(C)cc2)[C@@H](C)C(=O)N[C@@H](C)CC)S(=O)(=O)c2ccc(Cl)cc2)cc1. The van der Waals surface area contributed by atoms with Crippen molar-refractivity contribution < 1.29 is 22.7 Å². The van der Waals surface area contributed by atoms with Gasteiger partial charge in [-0.15, -0.1) is 0 Å². The summed E-state index contributed by atoms with van der Waals surface area (Å²) in [6, 6.07) is 19.0. The van der Waals surface area contributed by atoms with Gasteiger partial charge in [0, 0.05) is 17.6 Å². The summed E-state index contributed by atoms with van der Waals surface area (Å²) in [7, 11) is -4.19. The van der Waals surface area contributed by atoms with Gasteiger partial charge in [-0.1, -0.05) is 48.4 Å². The third-order valence-corrected chi connectivity index (χ3v) is 8.80. The molecule has 0 saturated heterocycles. The van der Waals surface area contributed by atoms with Crippen molar-refractivity contribution in [2.24, 2.45) is 0 Å². The number of carbonyl (C=O) groups is 2. The van der Waals surface area contributed by atoms with Gasteiger partial charge in [0.2, 0.25) is 11.8 Å². The second-order valence-electron chi connectivity index (χ2n) is 9.89. The number of amides is 2. The lowest BCUT2D eigenvalue weighted by Crippen LogP contribution is -2.52.